The lowest BCUT2D eigenvalue weighted by molar-refractivity contribution is -0.153. The van der Waals surface area contributed by atoms with Gasteiger partial charge >= 0.3 is 6.18 Å². The molecule has 1 aliphatic rings. The van der Waals surface area contributed by atoms with E-state index in [0.29, 0.717) is 24.5 Å². The van der Waals surface area contributed by atoms with Crippen molar-refractivity contribution >= 4 is 15.8 Å². The van der Waals surface area contributed by atoms with E-state index in [1.165, 1.54) is 6.07 Å². The Morgan fingerprint density at radius 1 is 1.35 bits per heavy atom. The van der Waals surface area contributed by atoms with Crippen LogP contribution in [-0.4, -0.2) is 51.3 Å². The molecular formula is C16H22F3N3O3S. The molecule has 0 bridgehead atoms. The van der Waals surface area contributed by atoms with Gasteiger partial charge in [0.2, 0.25) is 0 Å². The number of nitrogens with zero attached hydrogens (tertiary/aromatic N) is 1. The topological polar surface area (TPSA) is 79.8 Å². The zero-order valence-corrected chi connectivity index (χ0v) is 15.2. The molecule has 26 heavy (non-hydrogen) atoms. The van der Waals surface area contributed by atoms with Crippen LogP contribution in [-0.2, 0) is 16.4 Å². The Labute approximate surface area is 150 Å². The molecule has 10 heteroatoms. The molecule has 1 unspecified atom stereocenters. The van der Waals surface area contributed by atoms with Gasteiger partial charge in [0.05, 0.1) is 18.1 Å². The monoisotopic (exact) mass is 393 g/mol. The Kier molecular flexibility index (Phi) is 6.74. The van der Waals surface area contributed by atoms with Crippen LogP contribution >= 0.6 is 0 Å². The van der Waals surface area contributed by atoms with Crippen LogP contribution in [0.4, 0.5) is 13.2 Å². The summed E-state index contributed by atoms with van der Waals surface area (Å²) in [6, 6.07) is 6.15. The first-order chi connectivity index (χ1) is 12.2. The Balaban J connectivity index is 2.05. The third kappa shape index (κ3) is 6.74. The molecule has 1 aromatic carbocycles. The first-order valence-electron chi connectivity index (χ1n) is 8.21. The highest BCUT2D eigenvalue weighted by Crippen LogP contribution is 2.22. The molecule has 2 rings (SSSR count). The lowest BCUT2D eigenvalue weighted by Gasteiger charge is -2.16. The summed E-state index contributed by atoms with van der Waals surface area (Å²) in [6.45, 7) is 1.16. The van der Waals surface area contributed by atoms with Crippen molar-refractivity contribution in [1.82, 2.24) is 10.6 Å². The van der Waals surface area contributed by atoms with E-state index in [-0.39, 0.29) is 29.8 Å². The second-order valence-electron chi connectivity index (χ2n) is 5.95. The smallest absolute Gasteiger partial charge is 0.422 e. The Bertz CT molecular complexity index is 736. The zero-order valence-electron chi connectivity index (χ0n) is 14.3. The summed E-state index contributed by atoms with van der Waals surface area (Å²) >= 11 is 0. The summed E-state index contributed by atoms with van der Waals surface area (Å²) in [5, 5.41) is 6.06. The van der Waals surface area contributed by atoms with Gasteiger partial charge in [0.25, 0.3) is 0 Å². The summed E-state index contributed by atoms with van der Waals surface area (Å²) < 4.78 is 65.0. The fourth-order valence-corrected chi connectivity index (χ4v) is 4.19. The second-order valence-corrected chi connectivity index (χ2v) is 8.18. The quantitative estimate of drug-likeness (QED) is 0.570. The molecule has 0 saturated carbocycles. The van der Waals surface area contributed by atoms with Crippen molar-refractivity contribution in [2.45, 2.75) is 32.1 Å². The summed E-state index contributed by atoms with van der Waals surface area (Å²) in [4.78, 5) is 4.34. The van der Waals surface area contributed by atoms with E-state index < -0.39 is 22.6 Å². The summed E-state index contributed by atoms with van der Waals surface area (Å²) in [5.74, 6) is 0.717. The van der Waals surface area contributed by atoms with Crippen molar-refractivity contribution in [2.75, 3.05) is 24.7 Å². The average Bonchev–Trinajstić information content (AvgIpc) is 2.89. The van der Waals surface area contributed by atoms with Gasteiger partial charge in [0.1, 0.15) is 5.75 Å². The van der Waals surface area contributed by atoms with Crippen LogP contribution in [0.1, 0.15) is 18.9 Å². The van der Waals surface area contributed by atoms with E-state index in [4.69, 9.17) is 4.74 Å². The summed E-state index contributed by atoms with van der Waals surface area (Å²) in [6.07, 6.45) is -3.92. The highest BCUT2D eigenvalue weighted by Gasteiger charge is 2.29. The van der Waals surface area contributed by atoms with E-state index in [2.05, 4.69) is 15.6 Å². The third-order valence-corrected chi connectivity index (χ3v) is 5.46. The third-order valence-electron chi connectivity index (χ3n) is 3.69. The standard InChI is InChI=1S/C16H22F3N3O3S/c1-2-20-15(22-13-7-8-26(23,24)10-13)21-9-12-5-3-4-6-14(12)25-11-16(17,18)19/h3-6,13H,2,7-11H2,1H3,(H2,20,21,22). The maximum atomic E-state index is 12.4. The van der Waals surface area contributed by atoms with Gasteiger partial charge in [0.15, 0.2) is 22.4 Å². The Morgan fingerprint density at radius 3 is 2.69 bits per heavy atom. The highest BCUT2D eigenvalue weighted by atomic mass is 32.2. The average molecular weight is 393 g/mol. The van der Waals surface area contributed by atoms with Crippen molar-refractivity contribution < 1.29 is 26.3 Å². The van der Waals surface area contributed by atoms with Crippen LogP contribution < -0.4 is 15.4 Å². The van der Waals surface area contributed by atoms with Gasteiger partial charge in [-0.05, 0) is 19.4 Å². The van der Waals surface area contributed by atoms with Crippen molar-refractivity contribution in [3.63, 3.8) is 0 Å². The number of halogens is 3. The SMILES string of the molecule is CCNC(=NCc1ccccc1OCC(F)(F)F)NC1CCS(=O)(=O)C1. The predicted octanol–water partition coefficient (Wildman–Crippen LogP) is 1.87. The lowest BCUT2D eigenvalue weighted by Crippen LogP contribution is -2.44. The molecule has 6 nitrogen and oxygen atoms in total. The molecule has 0 aromatic heterocycles. The van der Waals surface area contributed by atoms with Crippen molar-refractivity contribution in [3.8, 4) is 5.75 Å². The number of rotatable bonds is 6. The number of hydrogen-bond acceptors (Lipinski definition) is 4. The molecule has 1 aliphatic heterocycles. The molecule has 1 saturated heterocycles. The lowest BCUT2D eigenvalue weighted by atomic mass is 10.2. The minimum atomic E-state index is -4.42. The first kappa shape index (κ1) is 20.3. The number of guanidine groups is 1. The molecule has 0 spiro atoms. The zero-order chi connectivity index (χ0) is 19.2. The fraction of sp³-hybridized carbons (Fsp3) is 0.562. The Morgan fingerprint density at radius 2 is 2.08 bits per heavy atom. The summed E-state index contributed by atoms with van der Waals surface area (Å²) in [7, 11) is -3.02. The van der Waals surface area contributed by atoms with Gasteiger partial charge in [-0.25, -0.2) is 13.4 Å². The molecule has 1 heterocycles. The predicted molar refractivity (Wildman–Crippen MR) is 93.0 cm³/mol. The number of sulfone groups is 1. The van der Waals surface area contributed by atoms with Gasteiger partial charge in [-0.1, -0.05) is 18.2 Å². The molecule has 2 N–H and O–H groups in total. The summed E-state index contributed by atoms with van der Waals surface area (Å²) in [5.41, 5.74) is 0.507. The maximum absolute atomic E-state index is 12.4. The normalized spacial score (nSPS) is 20.0. The van der Waals surface area contributed by atoms with Crippen molar-refractivity contribution in [1.29, 1.82) is 0 Å². The van der Waals surface area contributed by atoms with Crippen molar-refractivity contribution in [3.05, 3.63) is 29.8 Å². The molecule has 0 amide bonds. The molecule has 0 aliphatic carbocycles. The van der Waals surface area contributed by atoms with Gasteiger partial charge in [-0.3, -0.25) is 0 Å². The van der Waals surface area contributed by atoms with E-state index in [9.17, 15) is 21.6 Å². The van der Waals surface area contributed by atoms with Crippen LogP contribution in [0.25, 0.3) is 0 Å². The van der Waals surface area contributed by atoms with E-state index >= 15 is 0 Å². The highest BCUT2D eigenvalue weighted by molar-refractivity contribution is 7.91. The number of aliphatic imine (C=N–C) groups is 1. The number of nitrogens with one attached hydrogen (secondary N) is 2. The van der Waals surface area contributed by atoms with Crippen LogP contribution in [0.3, 0.4) is 0 Å². The molecule has 146 valence electrons. The van der Waals surface area contributed by atoms with Crippen LogP contribution in [0, 0.1) is 0 Å². The van der Waals surface area contributed by atoms with Crippen LogP contribution in [0.5, 0.6) is 5.75 Å². The molecule has 1 fully saturated rings. The van der Waals surface area contributed by atoms with Gasteiger partial charge in [0, 0.05) is 18.2 Å². The van der Waals surface area contributed by atoms with Gasteiger partial charge in [-0.15, -0.1) is 0 Å². The maximum Gasteiger partial charge on any atom is 0.422 e. The van der Waals surface area contributed by atoms with E-state index in [1.807, 2.05) is 6.92 Å². The largest absolute Gasteiger partial charge is 0.484 e. The number of benzene rings is 1. The minimum absolute atomic E-state index is 0.0443. The second kappa shape index (κ2) is 8.61. The van der Waals surface area contributed by atoms with Gasteiger partial charge < -0.3 is 15.4 Å². The first-order valence-corrected chi connectivity index (χ1v) is 10.0. The molecular weight excluding hydrogens is 371 g/mol. The Hall–Kier alpha value is -1.97. The van der Waals surface area contributed by atoms with Crippen molar-refractivity contribution in [2.24, 2.45) is 4.99 Å². The minimum Gasteiger partial charge on any atom is -0.484 e. The molecule has 1 aromatic rings. The number of hydrogen-bond donors (Lipinski definition) is 2. The van der Waals surface area contributed by atoms with Crippen LogP contribution in [0.15, 0.2) is 29.3 Å². The number of ether oxygens (including phenoxy) is 1. The molecule has 1 atom stereocenters. The number of para-hydroxylation sites is 1. The fourth-order valence-electron chi connectivity index (χ4n) is 2.52. The van der Waals surface area contributed by atoms with E-state index in [1.54, 1.807) is 18.2 Å². The van der Waals surface area contributed by atoms with E-state index in [0.717, 1.165) is 0 Å². The van der Waals surface area contributed by atoms with Crippen LogP contribution in [0.2, 0.25) is 0 Å². The van der Waals surface area contributed by atoms with Gasteiger partial charge in [-0.2, -0.15) is 13.2 Å². The number of alkyl halides is 3. The molecule has 0 radical (unpaired) electrons.